The molecule has 0 saturated carbocycles. The zero-order chi connectivity index (χ0) is 18.5. The van der Waals surface area contributed by atoms with Gasteiger partial charge in [-0.05, 0) is 30.9 Å². The molecule has 1 aliphatic heterocycles. The summed E-state index contributed by atoms with van der Waals surface area (Å²) in [5.74, 6) is 2.40. The number of anilines is 2. The van der Waals surface area contributed by atoms with Crippen molar-refractivity contribution in [1.82, 2.24) is 9.97 Å². The number of nitrogens with one attached hydrogen (secondary N) is 1. The lowest BCUT2D eigenvalue weighted by atomic mass is 9.99. The van der Waals surface area contributed by atoms with Crippen molar-refractivity contribution in [2.45, 2.75) is 19.8 Å². The van der Waals surface area contributed by atoms with Crippen LogP contribution >= 0.6 is 0 Å². The highest BCUT2D eigenvalue weighted by Gasteiger charge is 2.19. The number of carbonyl (C=O) groups is 1. The molecule has 3 rings (SSSR count). The zero-order valence-electron chi connectivity index (χ0n) is 15.4. The van der Waals surface area contributed by atoms with Crippen molar-refractivity contribution in [3.8, 4) is 11.5 Å². The van der Waals surface area contributed by atoms with Crippen LogP contribution in [0, 0.1) is 5.92 Å². The van der Waals surface area contributed by atoms with Crippen LogP contribution in [0.25, 0.3) is 0 Å². The molecule has 1 fully saturated rings. The maximum Gasteiger partial charge on any atom is 0.274 e. The molecule has 7 nitrogen and oxygen atoms in total. The first-order chi connectivity index (χ1) is 12.6. The van der Waals surface area contributed by atoms with E-state index in [0.29, 0.717) is 22.9 Å². The van der Waals surface area contributed by atoms with Gasteiger partial charge in [-0.15, -0.1) is 0 Å². The number of hydrogen-bond acceptors (Lipinski definition) is 6. The molecule has 26 heavy (non-hydrogen) atoms. The molecule has 1 amide bonds. The molecule has 138 valence electrons. The Labute approximate surface area is 153 Å². The van der Waals surface area contributed by atoms with Gasteiger partial charge in [0.2, 0.25) is 0 Å². The Balaban J connectivity index is 1.75. The second-order valence-electron chi connectivity index (χ2n) is 6.45. The van der Waals surface area contributed by atoms with Gasteiger partial charge >= 0.3 is 0 Å². The van der Waals surface area contributed by atoms with Gasteiger partial charge in [0.25, 0.3) is 5.91 Å². The number of aromatic nitrogens is 2. The van der Waals surface area contributed by atoms with E-state index in [4.69, 9.17) is 9.47 Å². The molecule has 0 unspecified atom stereocenters. The molecule has 1 aromatic carbocycles. The standard InChI is InChI=1S/C19H24N4O3/c1-13-6-8-23(9-7-13)18-11-16(20-12-21-18)19(24)22-15-5-4-14(25-2)10-17(15)26-3/h4-5,10-13H,6-9H2,1-3H3,(H,22,24). The summed E-state index contributed by atoms with van der Waals surface area (Å²) >= 11 is 0. The van der Waals surface area contributed by atoms with Crippen LogP contribution in [0.1, 0.15) is 30.3 Å². The van der Waals surface area contributed by atoms with Crippen LogP contribution in [0.3, 0.4) is 0 Å². The molecule has 2 aromatic rings. The monoisotopic (exact) mass is 356 g/mol. The van der Waals surface area contributed by atoms with Gasteiger partial charge in [0.1, 0.15) is 29.3 Å². The maximum absolute atomic E-state index is 12.6. The van der Waals surface area contributed by atoms with Gasteiger partial charge in [-0.3, -0.25) is 4.79 Å². The highest BCUT2D eigenvalue weighted by atomic mass is 16.5. The summed E-state index contributed by atoms with van der Waals surface area (Å²) in [4.78, 5) is 23.3. The van der Waals surface area contributed by atoms with Crippen molar-refractivity contribution in [2.24, 2.45) is 5.92 Å². The van der Waals surface area contributed by atoms with Gasteiger partial charge in [0.05, 0.1) is 19.9 Å². The van der Waals surface area contributed by atoms with Crippen LogP contribution in [0.5, 0.6) is 11.5 Å². The summed E-state index contributed by atoms with van der Waals surface area (Å²) in [7, 11) is 3.13. The number of carbonyl (C=O) groups excluding carboxylic acids is 1. The molecule has 0 aliphatic carbocycles. The highest BCUT2D eigenvalue weighted by Crippen LogP contribution is 2.29. The molecule has 2 heterocycles. The van der Waals surface area contributed by atoms with Gasteiger partial charge in [-0.25, -0.2) is 9.97 Å². The van der Waals surface area contributed by atoms with Crippen LogP contribution in [0.2, 0.25) is 0 Å². The normalized spacial score (nSPS) is 14.8. The van der Waals surface area contributed by atoms with Gasteiger partial charge in [-0.2, -0.15) is 0 Å². The Morgan fingerprint density at radius 2 is 1.92 bits per heavy atom. The molecule has 0 radical (unpaired) electrons. The minimum absolute atomic E-state index is 0.303. The summed E-state index contributed by atoms with van der Waals surface area (Å²) in [6.45, 7) is 4.16. The minimum atomic E-state index is -0.303. The van der Waals surface area contributed by atoms with E-state index in [-0.39, 0.29) is 5.91 Å². The summed E-state index contributed by atoms with van der Waals surface area (Å²) in [6.07, 6.45) is 3.71. The van der Waals surface area contributed by atoms with E-state index in [1.54, 1.807) is 38.5 Å². The molecule has 1 N–H and O–H groups in total. The predicted octanol–water partition coefficient (Wildman–Crippen LogP) is 2.98. The molecule has 0 spiro atoms. The number of amides is 1. The summed E-state index contributed by atoms with van der Waals surface area (Å²) in [5.41, 5.74) is 0.886. The topological polar surface area (TPSA) is 76.6 Å². The van der Waals surface area contributed by atoms with Crippen LogP contribution in [0.4, 0.5) is 11.5 Å². The number of nitrogens with zero attached hydrogens (tertiary/aromatic N) is 3. The lowest BCUT2D eigenvalue weighted by Crippen LogP contribution is -2.33. The number of benzene rings is 1. The first-order valence-corrected chi connectivity index (χ1v) is 8.71. The van der Waals surface area contributed by atoms with E-state index < -0.39 is 0 Å². The van der Waals surface area contributed by atoms with E-state index in [2.05, 4.69) is 27.1 Å². The minimum Gasteiger partial charge on any atom is -0.497 e. The summed E-state index contributed by atoms with van der Waals surface area (Å²) in [5, 5.41) is 2.84. The van der Waals surface area contributed by atoms with Crippen LogP contribution in [-0.2, 0) is 0 Å². The van der Waals surface area contributed by atoms with E-state index in [1.165, 1.54) is 6.33 Å². The second kappa shape index (κ2) is 8.03. The summed E-state index contributed by atoms with van der Waals surface area (Å²) in [6, 6.07) is 6.96. The van der Waals surface area contributed by atoms with E-state index in [9.17, 15) is 4.79 Å². The Kier molecular flexibility index (Phi) is 5.55. The fraction of sp³-hybridized carbons (Fsp3) is 0.421. The van der Waals surface area contributed by atoms with E-state index in [0.717, 1.165) is 37.7 Å². The fourth-order valence-corrected chi connectivity index (χ4v) is 2.97. The smallest absolute Gasteiger partial charge is 0.274 e. The average molecular weight is 356 g/mol. The molecule has 0 bridgehead atoms. The van der Waals surface area contributed by atoms with E-state index in [1.807, 2.05) is 0 Å². The Bertz CT molecular complexity index is 773. The van der Waals surface area contributed by atoms with Crippen molar-refractivity contribution in [3.05, 3.63) is 36.3 Å². The predicted molar refractivity (Wildman–Crippen MR) is 100 cm³/mol. The van der Waals surface area contributed by atoms with Crippen molar-refractivity contribution in [2.75, 3.05) is 37.5 Å². The molecular formula is C19H24N4O3. The molecule has 7 heteroatoms. The number of hydrogen-bond donors (Lipinski definition) is 1. The molecular weight excluding hydrogens is 332 g/mol. The Hall–Kier alpha value is -2.83. The highest BCUT2D eigenvalue weighted by molar-refractivity contribution is 6.04. The number of piperidine rings is 1. The third-order valence-corrected chi connectivity index (χ3v) is 4.65. The number of rotatable bonds is 5. The van der Waals surface area contributed by atoms with Crippen molar-refractivity contribution < 1.29 is 14.3 Å². The first kappa shape index (κ1) is 18.0. The lowest BCUT2D eigenvalue weighted by molar-refractivity contribution is 0.102. The molecule has 1 aromatic heterocycles. The van der Waals surface area contributed by atoms with Crippen molar-refractivity contribution >= 4 is 17.4 Å². The van der Waals surface area contributed by atoms with Crippen LogP contribution in [0.15, 0.2) is 30.6 Å². The largest absolute Gasteiger partial charge is 0.497 e. The van der Waals surface area contributed by atoms with Crippen molar-refractivity contribution in [1.29, 1.82) is 0 Å². The quantitative estimate of drug-likeness (QED) is 0.887. The number of methoxy groups -OCH3 is 2. The molecule has 1 saturated heterocycles. The van der Waals surface area contributed by atoms with Crippen LogP contribution < -0.4 is 19.7 Å². The average Bonchev–Trinajstić information content (AvgIpc) is 2.69. The zero-order valence-corrected chi connectivity index (χ0v) is 15.4. The van der Waals surface area contributed by atoms with E-state index >= 15 is 0 Å². The lowest BCUT2D eigenvalue weighted by Gasteiger charge is -2.31. The first-order valence-electron chi connectivity index (χ1n) is 8.71. The Morgan fingerprint density at radius 3 is 2.62 bits per heavy atom. The Morgan fingerprint density at radius 1 is 1.15 bits per heavy atom. The fourth-order valence-electron chi connectivity index (χ4n) is 2.97. The number of ether oxygens (including phenoxy) is 2. The molecule has 1 aliphatic rings. The third kappa shape index (κ3) is 4.04. The van der Waals surface area contributed by atoms with Crippen LogP contribution in [-0.4, -0.2) is 43.2 Å². The van der Waals surface area contributed by atoms with Gasteiger partial charge in [0, 0.05) is 25.2 Å². The van der Waals surface area contributed by atoms with Gasteiger partial charge < -0.3 is 19.7 Å². The van der Waals surface area contributed by atoms with Crippen molar-refractivity contribution in [3.63, 3.8) is 0 Å². The summed E-state index contributed by atoms with van der Waals surface area (Å²) < 4.78 is 10.5. The molecule has 0 atom stereocenters. The third-order valence-electron chi connectivity index (χ3n) is 4.65. The van der Waals surface area contributed by atoms with Gasteiger partial charge in [0.15, 0.2) is 0 Å². The SMILES string of the molecule is COc1ccc(NC(=O)c2cc(N3CCC(C)CC3)ncn2)c(OC)c1. The van der Waals surface area contributed by atoms with Gasteiger partial charge in [-0.1, -0.05) is 6.92 Å². The second-order valence-corrected chi connectivity index (χ2v) is 6.45. The maximum atomic E-state index is 12.6.